The fourth-order valence-corrected chi connectivity index (χ4v) is 1.57. The van der Waals surface area contributed by atoms with Crippen LogP contribution in [-0.4, -0.2) is 10.8 Å². The van der Waals surface area contributed by atoms with Crippen molar-refractivity contribution in [2.45, 2.75) is 13.3 Å². The van der Waals surface area contributed by atoms with Crippen molar-refractivity contribution in [2.24, 2.45) is 0 Å². The highest BCUT2D eigenvalue weighted by Crippen LogP contribution is 2.08. The molecule has 1 heterocycles. The molecule has 2 aromatic rings. The molecule has 17 heavy (non-hydrogen) atoms. The van der Waals surface area contributed by atoms with Crippen LogP contribution in [0.1, 0.15) is 21.6 Å². The lowest BCUT2D eigenvalue weighted by atomic mass is 10.1. The first-order valence-electron chi connectivity index (χ1n) is 5.35. The van der Waals surface area contributed by atoms with Gasteiger partial charge in [0.25, 0.3) is 0 Å². The zero-order chi connectivity index (χ0) is 12.3. The molecule has 1 aromatic carbocycles. The SMILES string of the molecule is Cc1ccnc(C(=O)Cc2ccc(F)cc2)c1. The Morgan fingerprint density at radius 3 is 2.59 bits per heavy atom. The Bertz CT molecular complexity index is 534. The Morgan fingerprint density at radius 1 is 1.24 bits per heavy atom. The molecule has 0 bridgehead atoms. The number of Topliss-reactive ketones (excluding diaryl/α,β-unsaturated/α-hetero) is 1. The molecule has 86 valence electrons. The van der Waals surface area contributed by atoms with Gasteiger partial charge in [-0.25, -0.2) is 4.39 Å². The van der Waals surface area contributed by atoms with Crippen molar-refractivity contribution in [3.05, 3.63) is 65.2 Å². The quantitative estimate of drug-likeness (QED) is 0.757. The van der Waals surface area contributed by atoms with Crippen LogP contribution in [0.15, 0.2) is 42.6 Å². The Hall–Kier alpha value is -2.03. The van der Waals surface area contributed by atoms with Crippen LogP contribution >= 0.6 is 0 Å². The Kier molecular flexibility index (Phi) is 3.28. The van der Waals surface area contributed by atoms with Crippen molar-refractivity contribution in [2.75, 3.05) is 0 Å². The third kappa shape index (κ3) is 2.97. The predicted molar refractivity (Wildman–Crippen MR) is 63.4 cm³/mol. The molecule has 0 saturated heterocycles. The molecule has 0 fully saturated rings. The number of ketones is 1. The maximum atomic E-state index is 12.7. The number of nitrogens with zero attached hydrogens (tertiary/aromatic N) is 1. The summed E-state index contributed by atoms with van der Waals surface area (Å²) in [5, 5.41) is 0. The summed E-state index contributed by atoms with van der Waals surface area (Å²) in [6.07, 6.45) is 1.87. The Balaban J connectivity index is 2.14. The van der Waals surface area contributed by atoms with Crippen LogP contribution in [0.2, 0.25) is 0 Å². The van der Waals surface area contributed by atoms with Gasteiger partial charge >= 0.3 is 0 Å². The van der Waals surface area contributed by atoms with Gasteiger partial charge in [0.05, 0.1) is 0 Å². The number of carbonyl (C=O) groups excluding carboxylic acids is 1. The maximum absolute atomic E-state index is 12.7. The first kappa shape index (κ1) is 11.5. The van der Waals surface area contributed by atoms with Gasteiger partial charge in [-0.2, -0.15) is 0 Å². The van der Waals surface area contributed by atoms with E-state index in [0.29, 0.717) is 5.69 Å². The zero-order valence-electron chi connectivity index (χ0n) is 9.48. The van der Waals surface area contributed by atoms with Gasteiger partial charge in [0.15, 0.2) is 5.78 Å². The zero-order valence-corrected chi connectivity index (χ0v) is 9.48. The summed E-state index contributed by atoms with van der Waals surface area (Å²) in [4.78, 5) is 15.9. The van der Waals surface area contributed by atoms with Crippen molar-refractivity contribution >= 4 is 5.78 Å². The summed E-state index contributed by atoms with van der Waals surface area (Å²) < 4.78 is 12.7. The molecule has 0 aliphatic heterocycles. The van der Waals surface area contributed by atoms with E-state index < -0.39 is 0 Å². The van der Waals surface area contributed by atoms with E-state index in [0.717, 1.165) is 11.1 Å². The number of halogens is 1. The van der Waals surface area contributed by atoms with Crippen molar-refractivity contribution in [3.8, 4) is 0 Å². The number of pyridine rings is 1. The standard InChI is InChI=1S/C14H12FNO/c1-10-6-7-16-13(8-10)14(17)9-11-2-4-12(15)5-3-11/h2-8H,9H2,1H3. The van der Waals surface area contributed by atoms with E-state index in [4.69, 9.17) is 0 Å². The fourth-order valence-electron chi connectivity index (χ4n) is 1.57. The summed E-state index contributed by atoms with van der Waals surface area (Å²) >= 11 is 0. The highest BCUT2D eigenvalue weighted by molar-refractivity contribution is 5.95. The van der Waals surface area contributed by atoms with Crippen LogP contribution in [0.5, 0.6) is 0 Å². The lowest BCUT2D eigenvalue weighted by Crippen LogP contribution is -2.06. The van der Waals surface area contributed by atoms with Gasteiger partial charge in [0.1, 0.15) is 11.5 Å². The number of benzene rings is 1. The second kappa shape index (κ2) is 4.87. The van der Waals surface area contributed by atoms with Gasteiger partial charge in [-0.3, -0.25) is 9.78 Å². The number of hydrogen-bond acceptors (Lipinski definition) is 2. The number of hydrogen-bond donors (Lipinski definition) is 0. The van der Waals surface area contributed by atoms with Gasteiger partial charge in [-0.05, 0) is 42.3 Å². The minimum atomic E-state index is -0.296. The van der Waals surface area contributed by atoms with Gasteiger partial charge < -0.3 is 0 Å². The van der Waals surface area contributed by atoms with E-state index in [1.54, 1.807) is 24.4 Å². The monoisotopic (exact) mass is 229 g/mol. The van der Waals surface area contributed by atoms with Crippen LogP contribution < -0.4 is 0 Å². The van der Waals surface area contributed by atoms with E-state index in [2.05, 4.69) is 4.98 Å². The highest BCUT2D eigenvalue weighted by atomic mass is 19.1. The molecule has 2 rings (SSSR count). The summed E-state index contributed by atoms with van der Waals surface area (Å²) in [6.45, 7) is 1.91. The van der Waals surface area contributed by atoms with E-state index in [1.165, 1.54) is 12.1 Å². The molecule has 0 N–H and O–H groups in total. The molecule has 0 saturated carbocycles. The largest absolute Gasteiger partial charge is 0.292 e. The molecule has 0 amide bonds. The van der Waals surface area contributed by atoms with Crippen LogP contribution in [0, 0.1) is 12.7 Å². The molecular formula is C14H12FNO. The van der Waals surface area contributed by atoms with E-state index in [-0.39, 0.29) is 18.0 Å². The third-order valence-electron chi connectivity index (χ3n) is 2.48. The van der Waals surface area contributed by atoms with Crippen molar-refractivity contribution in [3.63, 3.8) is 0 Å². The average molecular weight is 229 g/mol. The average Bonchev–Trinajstić information content (AvgIpc) is 2.32. The van der Waals surface area contributed by atoms with Crippen LogP contribution in [0.4, 0.5) is 4.39 Å². The molecule has 0 spiro atoms. The normalized spacial score (nSPS) is 10.2. The minimum Gasteiger partial charge on any atom is -0.292 e. The summed E-state index contributed by atoms with van der Waals surface area (Å²) in [5.41, 5.74) is 2.25. The number of aryl methyl sites for hydroxylation is 1. The van der Waals surface area contributed by atoms with Crippen LogP contribution in [0.25, 0.3) is 0 Å². The number of aromatic nitrogens is 1. The van der Waals surface area contributed by atoms with Crippen LogP contribution in [-0.2, 0) is 6.42 Å². The highest BCUT2D eigenvalue weighted by Gasteiger charge is 2.08. The van der Waals surface area contributed by atoms with E-state index >= 15 is 0 Å². The van der Waals surface area contributed by atoms with E-state index in [9.17, 15) is 9.18 Å². The fraction of sp³-hybridized carbons (Fsp3) is 0.143. The topological polar surface area (TPSA) is 30.0 Å². The lowest BCUT2D eigenvalue weighted by Gasteiger charge is -2.01. The lowest BCUT2D eigenvalue weighted by molar-refractivity contribution is 0.0988. The number of rotatable bonds is 3. The maximum Gasteiger partial charge on any atom is 0.185 e. The molecule has 0 aliphatic rings. The minimum absolute atomic E-state index is 0.0553. The second-order valence-electron chi connectivity index (χ2n) is 3.94. The Labute approximate surface area is 99.1 Å². The molecule has 0 radical (unpaired) electrons. The van der Waals surface area contributed by atoms with Gasteiger partial charge in [-0.15, -0.1) is 0 Å². The molecular weight excluding hydrogens is 217 g/mol. The summed E-state index contributed by atoms with van der Waals surface area (Å²) in [7, 11) is 0. The van der Waals surface area contributed by atoms with Gasteiger partial charge in [0, 0.05) is 12.6 Å². The third-order valence-corrected chi connectivity index (χ3v) is 2.48. The van der Waals surface area contributed by atoms with Crippen molar-refractivity contribution in [1.82, 2.24) is 4.98 Å². The van der Waals surface area contributed by atoms with Gasteiger partial charge in [-0.1, -0.05) is 12.1 Å². The van der Waals surface area contributed by atoms with Crippen molar-refractivity contribution in [1.29, 1.82) is 0 Å². The molecule has 0 unspecified atom stereocenters. The van der Waals surface area contributed by atoms with E-state index in [1.807, 2.05) is 13.0 Å². The first-order chi connectivity index (χ1) is 8.15. The second-order valence-corrected chi connectivity index (χ2v) is 3.94. The van der Waals surface area contributed by atoms with Crippen molar-refractivity contribution < 1.29 is 9.18 Å². The molecule has 1 aromatic heterocycles. The summed E-state index contributed by atoms with van der Waals surface area (Å²) in [5.74, 6) is -0.352. The molecule has 0 atom stereocenters. The molecule has 2 nitrogen and oxygen atoms in total. The van der Waals surface area contributed by atoms with Crippen LogP contribution in [0.3, 0.4) is 0 Å². The number of carbonyl (C=O) groups is 1. The predicted octanol–water partition coefficient (Wildman–Crippen LogP) is 2.95. The Morgan fingerprint density at radius 2 is 1.94 bits per heavy atom. The first-order valence-corrected chi connectivity index (χ1v) is 5.35. The molecule has 3 heteroatoms. The smallest absolute Gasteiger partial charge is 0.185 e. The summed E-state index contributed by atoms with van der Waals surface area (Å²) in [6, 6.07) is 9.53. The van der Waals surface area contributed by atoms with Gasteiger partial charge in [0.2, 0.25) is 0 Å². The molecule has 0 aliphatic carbocycles.